The maximum absolute atomic E-state index is 6.66. The molecule has 0 unspecified atom stereocenters. The molecule has 1 aliphatic carbocycles. The average molecular weight is 546 g/mol. The lowest BCUT2D eigenvalue weighted by Gasteiger charge is -2.24. The zero-order valence-corrected chi connectivity index (χ0v) is 24.1. The first-order valence-electron chi connectivity index (χ1n) is 13.7. The van der Waals surface area contributed by atoms with E-state index in [0.29, 0.717) is 11.9 Å². The van der Waals surface area contributed by atoms with Gasteiger partial charge < -0.3 is 10.7 Å². The fraction of sp³-hybridized carbons (Fsp3) is 0.188. The topological polar surface area (TPSA) is 74.8 Å². The highest BCUT2D eigenvalue weighted by atomic mass is 28.3. The number of nitrogens with zero attached hydrogens (tertiary/aromatic N) is 2. The fourth-order valence-electron chi connectivity index (χ4n) is 4.89. The summed E-state index contributed by atoms with van der Waals surface area (Å²) < 4.78 is 5.08. The quantitative estimate of drug-likeness (QED) is 0.190. The third kappa shape index (κ3) is 7.55. The van der Waals surface area contributed by atoms with Gasteiger partial charge in [-0.3, -0.25) is 15.0 Å². The number of aliphatic imine (C=N–C) groups is 1. The van der Waals surface area contributed by atoms with Gasteiger partial charge in [-0.2, -0.15) is 0 Å². The molecule has 7 heteroatoms. The van der Waals surface area contributed by atoms with Crippen LogP contribution >= 0.6 is 0 Å². The molecule has 0 heterocycles. The monoisotopic (exact) mass is 545 g/mol. The van der Waals surface area contributed by atoms with Crippen LogP contribution in [0.25, 0.3) is 0 Å². The Hall–Kier alpha value is -3.95. The molecule has 0 aromatic heterocycles. The van der Waals surface area contributed by atoms with Gasteiger partial charge in [0.2, 0.25) is 8.96 Å². The van der Waals surface area contributed by atoms with Crippen LogP contribution in [0.1, 0.15) is 32.1 Å². The maximum atomic E-state index is 6.66. The summed E-state index contributed by atoms with van der Waals surface area (Å²) >= 11 is 0. The molecule has 0 amide bonds. The van der Waals surface area contributed by atoms with Crippen molar-refractivity contribution in [1.29, 1.82) is 0 Å². The minimum atomic E-state index is -1.48. The average Bonchev–Trinajstić information content (AvgIpc) is 3.01. The number of hydrogen-bond acceptors (Lipinski definition) is 2. The van der Waals surface area contributed by atoms with Crippen LogP contribution < -0.4 is 36.8 Å². The van der Waals surface area contributed by atoms with Crippen molar-refractivity contribution in [2.75, 3.05) is 0 Å². The highest BCUT2D eigenvalue weighted by Gasteiger charge is 2.23. The minimum Gasteiger partial charge on any atom is -0.374 e. The molecule has 0 saturated heterocycles. The molecule has 0 spiro atoms. The van der Waals surface area contributed by atoms with Crippen molar-refractivity contribution in [2.45, 2.75) is 38.1 Å². The first-order valence-corrected chi connectivity index (χ1v) is 16.6. The summed E-state index contributed by atoms with van der Waals surface area (Å²) in [7, 11) is -2.85. The second-order valence-corrected chi connectivity index (χ2v) is 13.9. The van der Waals surface area contributed by atoms with Crippen LogP contribution in [0.2, 0.25) is 0 Å². The van der Waals surface area contributed by atoms with E-state index in [1.54, 1.807) is 0 Å². The van der Waals surface area contributed by atoms with E-state index < -0.39 is 17.9 Å². The molecule has 0 bridgehead atoms. The molecule has 1 saturated carbocycles. The second-order valence-electron chi connectivity index (χ2n) is 9.70. The summed E-state index contributed by atoms with van der Waals surface area (Å²) in [5.41, 5.74) is 6.66. The molecule has 5 rings (SSSR count). The van der Waals surface area contributed by atoms with Crippen molar-refractivity contribution in [3.05, 3.63) is 121 Å². The lowest BCUT2D eigenvalue weighted by Crippen LogP contribution is -2.61. The Labute approximate surface area is 235 Å². The molecule has 39 heavy (non-hydrogen) atoms. The maximum Gasteiger partial charge on any atom is 0.270 e. The molecule has 4 aromatic carbocycles. The third-order valence-electron chi connectivity index (χ3n) is 6.83. The Morgan fingerprint density at radius 2 is 1.05 bits per heavy atom. The van der Waals surface area contributed by atoms with Crippen LogP contribution in [0.15, 0.2) is 131 Å². The van der Waals surface area contributed by atoms with Crippen LogP contribution in [0.3, 0.4) is 0 Å². The molecule has 1 fully saturated rings. The van der Waals surface area contributed by atoms with Crippen LogP contribution in [-0.2, 0) is 0 Å². The van der Waals surface area contributed by atoms with Crippen molar-refractivity contribution in [2.24, 2.45) is 15.4 Å². The summed E-state index contributed by atoms with van der Waals surface area (Å²) in [4.78, 5) is 9.00. The summed E-state index contributed by atoms with van der Waals surface area (Å²) in [6.07, 6.45) is 5.93. The van der Waals surface area contributed by atoms with Crippen molar-refractivity contribution in [1.82, 2.24) is 10.3 Å². The number of benzene rings is 4. The van der Waals surface area contributed by atoms with Gasteiger partial charge in [-0.1, -0.05) is 141 Å². The zero-order valence-electron chi connectivity index (χ0n) is 22.1. The predicted octanol–water partition coefficient (Wildman–Crippen LogP) is 2.78. The first kappa shape index (κ1) is 26.7. The predicted molar refractivity (Wildman–Crippen MR) is 168 cm³/mol. The van der Waals surface area contributed by atoms with Gasteiger partial charge in [-0.15, -0.1) is 0 Å². The van der Waals surface area contributed by atoms with E-state index in [2.05, 4.69) is 119 Å². The SMILES string of the molecule is N/C(=N\[Si](c1ccccc1)c1ccccc1)NC(=NC1CCCCC1)N[Si](c1ccccc1)c1ccccc1. The van der Waals surface area contributed by atoms with Gasteiger partial charge in [0.15, 0.2) is 11.9 Å². The Morgan fingerprint density at radius 3 is 1.51 bits per heavy atom. The van der Waals surface area contributed by atoms with Crippen molar-refractivity contribution in [3.8, 4) is 0 Å². The fourth-order valence-corrected chi connectivity index (χ4v) is 8.83. The largest absolute Gasteiger partial charge is 0.374 e. The van der Waals surface area contributed by atoms with Gasteiger partial charge in [0.05, 0.1) is 6.04 Å². The van der Waals surface area contributed by atoms with Crippen molar-refractivity contribution < 1.29 is 0 Å². The van der Waals surface area contributed by atoms with E-state index in [1.165, 1.54) is 40.0 Å². The van der Waals surface area contributed by atoms with Gasteiger partial charge in [0.25, 0.3) is 8.96 Å². The second kappa shape index (κ2) is 13.7. The van der Waals surface area contributed by atoms with E-state index in [9.17, 15) is 0 Å². The summed E-state index contributed by atoms with van der Waals surface area (Å²) in [5.74, 6) is 1.10. The number of nitrogens with two attached hydrogens (primary N) is 1. The lowest BCUT2D eigenvalue weighted by molar-refractivity contribution is 0.442. The van der Waals surface area contributed by atoms with Crippen LogP contribution in [0, 0.1) is 0 Å². The van der Waals surface area contributed by atoms with Crippen LogP contribution in [-0.4, -0.2) is 35.9 Å². The lowest BCUT2D eigenvalue weighted by atomic mass is 9.96. The summed E-state index contributed by atoms with van der Waals surface area (Å²) in [6, 6.07) is 42.4. The van der Waals surface area contributed by atoms with Crippen LogP contribution in [0.5, 0.6) is 0 Å². The molecular weight excluding hydrogens is 511 g/mol. The first-order chi connectivity index (χ1) is 19.3. The van der Waals surface area contributed by atoms with E-state index in [1.807, 2.05) is 12.1 Å². The summed E-state index contributed by atoms with van der Waals surface area (Å²) in [5, 5.41) is 8.33. The Kier molecular flexibility index (Phi) is 9.38. The van der Waals surface area contributed by atoms with Gasteiger partial charge in [0, 0.05) is 0 Å². The molecule has 1 aliphatic rings. The van der Waals surface area contributed by atoms with Gasteiger partial charge in [0.1, 0.15) is 0 Å². The van der Waals surface area contributed by atoms with Crippen LogP contribution in [0.4, 0.5) is 0 Å². The molecular formula is C32H35N5Si2. The molecule has 4 N–H and O–H groups in total. The van der Waals surface area contributed by atoms with Crippen molar-refractivity contribution >= 4 is 50.6 Å². The molecule has 4 aromatic rings. The minimum absolute atomic E-state index is 0.282. The van der Waals surface area contributed by atoms with Gasteiger partial charge >= 0.3 is 0 Å². The highest BCUT2D eigenvalue weighted by molar-refractivity contribution is 6.85. The van der Waals surface area contributed by atoms with E-state index in [0.717, 1.165) is 12.8 Å². The van der Waals surface area contributed by atoms with E-state index in [-0.39, 0.29) is 6.04 Å². The molecule has 196 valence electrons. The van der Waals surface area contributed by atoms with Gasteiger partial charge in [-0.05, 0) is 33.6 Å². The number of rotatable bonds is 7. The van der Waals surface area contributed by atoms with E-state index in [4.69, 9.17) is 15.4 Å². The number of hydrogen-bond donors (Lipinski definition) is 3. The number of guanidine groups is 2. The zero-order chi connectivity index (χ0) is 26.7. The van der Waals surface area contributed by atoms with Gasteiger partial charge in [-0.25, -0.2) is 0 Å². The third-order valence-corrected chi connectivity index (χ3v) is 11.4. The van der Waals surface area contributed by atoms with E-state index >= 15 is 0 Å². The Bertz CT molecular complexity index is 1260. The smallest absolute Gasteiger partial charge is 0.270 e. The Morgan fingerprint density at radius 1 is 0.615 bits per heavy atom. The summed E-state index contributed by atoms with van der Waals surface area (Å²) in [6.45, 7) is 0. The highest BCUT2D eigenvalue weighted by Crippen LogP contribution is 2.20. The molecule has 0 atom stereocenters. The molecule has 5 nitrogen and oxygen atoms in total. The normalized spacial score (nSPS) is 14.9. The standard InChI is InChI=1S/C32H35N5Si2/c33-31(36-38(27-18-8-2-9-19-27)28-20-10-3-11-21-28)35-32(34-26-16-6-1-7-17-26)37-39(29-22-12-4-13-23-29)30-24-14-5-15-25-30/h2-5,8-15,18-26H,1,6-7,16-17H2,(H4,33,34,35,36,37). The molecule has 2 radical (unpaired) electrons. The Balaban J connectivity index is 1.47. The van der Waals surface area contributed by atoms with Crippen molar-refractivity contribution in [3.63, 3.8) is 0 Å². The molecule has 0 aliphatic heterocycles. The number of nitrogens with one attached hydrogen (secondary N) is 2.